The third kappa shape index (κ3) is 19.1. The van der Waals surface area contributed by atoms with Crippen molar-refractivity contribution in [2.75, 3.05) is 49.1 Å². The molecule has 2 saturated heterocycles. The first-order valence-corrected chi connectivity index (χ1v) is 27.6. The molecular weight excluding hydrogens is 1020 g/mol. The summed E-state index contributed by atoms with van der Waals surface area (Å²) in [6, 6.07) is 14.1. The number of hydrogen-bond donors (Lipinski definition) is 8. The first kappa shape index (κ1) is 63.9. The lowest BCUT2D eigenvalue weighted by Gasteiger charge is -2.48. The van der Waals surface area contributed by atoms with Crippen LogP contribution in [0, 0.1) is 23.7 Å². The molecule has 10 N–H and O–H groups in total. The van der Waals surface area contributed by atoms with E-state index in [1.807, 2.05) is 73.9 Å². The summed E-state index contributed by atoms with van der Waals surface area (Å²) in [5, 5.41) is 44.9. The Morgan fingerprint density at radius 2 is 0.934 bits per heavy atom. The van der Waals surface area contributed by atoms with Crippen LogP contribution in [0.15, 0.2) is 60.7 Å². The SMILES string of the molecule is CC(C)[C@H](C[C@H](O)[C@@H](N)CN1CC(=O)N(c2ccccc2Cl)CC1(C)C)C(=O)NC1CCCC1.CC(C)[C@H](C[C@H](O)[C@@H](N)CN1CC(=O)N(c2ccccc2Cl)CC1(C)C)C(=O)NC1CCCC1.O=C(O)/C=C/C(=O)O. The molecule has 0 unspecified atom stereocenters. The van der Waals surface area contributed by atoms with Gasteiger partial charge in [-0.15, -0.1) is 0 Å². The van der Waals surface area contributed by atoms with Crippen LogP contribution in [-0.2, 0) is 28.8 Å². The van der Waals surface area contributed by atoms with Crippen molar-refractivity contribution in [2.24, 2.45) is 35.1 Å². The molecule has 18 nitrogen and oxygen atoms in total. The van der Waals surface area contributed by atoms with Crippen LogP contribution in [-0.4, -0.2) is 153 Å². The van der Waals surface area contributed by atoms with Gasteiger partial charge in [-0.25, -0.2) is 9.59 Å². The third-order valence-electron chi connectivity index (χ3n) is 15.2. The fourth-order valence-electron chi connectivity index (χ4n) is 10.4. The number of carbonyl (C=O) groups is 6. The molecule has 4 aliphatic rings. The predicted octanol–water partition coefficient (Wildman–Crippen LogP) is 6.06. The van der Waals surface area contributed by atoms with Gasteiger partial charge in [-0.3, -0.25) is 29.0 Å². The number of carboxylic acids is 2. The number of hydrogen-bond acceptors (Lipinski definition) is 12. The first-order chi connectivity index (χ1) is 35.6. The zero-order valence-electron chi connectivity index (χ0n) is 45.8. The van der Waals surface area contributed by atoms with Crippen molar-refractivity contribution in [3.05, 3.63) is 70.7 Å². The number of benzene rings is 2. The average molecular weight is 1100 g/mol. The van der Waals surface area contributed by atoms with Crippen molar-refractivity contribution in [1.82, 2.24) is 20.4 Å². The standard InChI is InChI=1S/2C26H41ClN4O3.C4H4O4/c2*1-17(2)19(25(34)29-18-9-5-6-10-18)13-23(32)21(28)14-30-15-24(33)31(16-26(30,3)4)22-12-8-7-11-20(22)27;5-3(6)1-2-4(7)8/h2*7-8,11-12,17-19,21,23,32H,5-6,9-10,13-16,28H2,1-4H3,(H,29,34);1-2H,(H,5,6)(H,7,8)/b;;2-1+/t2*19-,21-,23-;/m00./s1. The van der Waals surface area contributed by atoms with Crippen LogP contribution in [0.2, 0.25) is 10.0 Å². The number of aliphatic hydroxyl groups excluding tert-OH is 2. The van der Waals surface area contributed by atoms with Gasteiger partial charge in [0.05, 0.1) is 46.7 Å². The lowest BCUT2D eigenvalue weighted by Crippen LogP contribution is -2.64. The molecule has 2 heterocycles. The Hall–Kier alpha value is -4.66. The van der Waals surface area contributed by atoms with Gasteiger partial charge in [0.25, 0.3) is 0 Å². The van der Waals surface area contributed by atoms with Crippen LogP contribution in [0.5, 0.6) is 0 Å². The van der Waals surface area contributed by atoms with E-state index in [0.29, 0.717) is 72.6 Å². The van der Waals surface area contributed by atoms with E-state index >= 15 is 0 Å². The Labute approximate surface area is 459 Å². The van der Waals surface area contributed by atoms with E-state index in [1.165, 1.54) is 0 Å². The Balaban J connectivity index is 0.000000287. The van der Waals surface area contributed by atoms with Gasteiger partial charge in [0.1, 0.15) is 0 Å². The number of nitrogens with two attached hydrogens (primary N) is 2. The average Bonchev–Trinajstić information content (AvgIpc) is 4.07. The number of carbonyl (C=O) groups excluding carboxylic acids is 4. The molecule has 0 radical (unpaired) electrons. The molecule has 2 aromatic rings. The Kier molecular flexibility index (Phi) is 24.7. The molecule has 76 heavy (non-hydrogen) atoms. The lowest BCUT2D eigenvalue weighted by molar-refractivity contribution is -0.134. The summed E-state index contributed by atoms with van der Waals surface area (Å²) >= 11 is 12.7. The lowest BCUT2D eigenvalue weighted by atomic mass is 9.86. The minimum absolute atomic E-state index is 0.0111. The maximum atomic E-state index is 13.0. The van der Waals surface area contributed by atoms with E-state index < -0.39 is 36.2 Å². The number of halogens is 2. The summed E-state index contributed by atoms with van der Waals surface area (Å²) in [6.45, 7) is 18.3. The smallest absolute Gasteiger partial charge is 0.328 e. The van der Waals surface area contributed by atoms with Crippen LogP contribution in [0.4, 0.5) is 11.4 Å². The molecule has 6 rings (SSSR count). The zero-order chi connectivity index (χ0) is 56.7. The number of aliphatic hydroxyl groups is 2. The fraction of sp³-hybridized carbons (Fsp3) is 0.643. The summed E-state index contributed by atoms with van der Waals surface area (Å²) in [5.74, 6) is -2.99. The van der Waals surface area contributed by atoms with E-state index in [9.17, 15) is 39.0 Å². The highest BCUT2D eigenvalue weighted by atomic mass is 35.5. The molecular formula is C56H86Cl2N8O10. The molecule has 0 spiro atoms. The first-order valence-electron chi connectivity index (χ1n) is 26.8. The van der Waals surface area contributed by atoms with Gasteiger partial charge in [-0.2, -0.15) is 0 Å². The molecule has 0 aromatic heterocycles. The summed E-state index contributed by atoms with van der Waals surface area (Å²) in [5.41, 5.74) is 13.6. The van der Waals surface area contributed by atoms with E-state index in [4.69, 9.17) is 44.9 Å². The Morgan fingerprint density at radius 1 is 0.618 bits per heavy atom. The number of rotatable bonds is 20. The minimum atomic E-state index is -1.26. The van der Waals surface area contributed by atoms with Gasteiger partial charge in [0.2, 0.25) is 23.6 Å². The molecule has 424 valence electrons. The van der Waals surface area contributed by atoms with Crippen molar-refractivity contribution < 1.29 is 49.2 Å². The van der Waals surface area contributed by atoms with Crippen molar-refractivity contribution in [3.8, 4) is 0 Å². The van der Waals surface area contributed by atoms with Crippen molar-refractivity contribution in [1.29, 1.82) is 0 Å². The van der Waals surface area contributed by atoms with Gasteiger partial charge < -0.3 is 52.3 Å². The molecule has 2 aromatic carbocycles. The number of amides is 4. The van der Waals surface area contributed by atoms with Crippen LogP contribution >= 0.6 is 23.2 Å². The molecule has 4 fully saturated rings. The second kappa shape index (κ2) is 29.4. The quantitative estimate of drug-likeness (QED) is 0.0700. The Bertz CT molecular complexity index is 2130. The van der Waals surface area contributed by atoms with Gasteiger partial charge in [-0.05, 0) is 102 Å². The molecule has 2 aliphatic carbocycles. The number of nitrogens with zero attached hydrogens (tertiary/aromatic N) is 4. The van der Waals surface area contributed by atoms with Crippen LogP contribution in [0.3, 0.4) is 0 Å². The maximum absolute atomic E-state index is 13.0. The van der Waals surface area contributed by atoms with Gasteiger partial charge >= 0.3 is 11.9 Å². The molecule has 6 atom stereocenters. The number of anilines is 2. The second-order valence-corrected chi connectivity index (χ2v) is 23.7. The van der Waals surface area contributed by atoms with Crippen molar-refractivity contribution in [2.45, 2.75) is 167 Å². The van der Waals surface area contributed by atoms with Crippen LogP contribution in [0.25, 0.3) is 0 Å². The van der Waals surface area contributed by atoms with Crippen LogP contribution < -0.4 is 31.9 Å². The van der Waals surface area contributed by atoms with E-state index in [1.54, 1.807) is 21.9 Å². The topological polar surface area (TPSA) is 272 Å². The predicted molar refractivity (Wildman–Crippen MR) is 298 cm³/mol. The number of aliphatic carboxylic acids is 2. The monoisotopic (exact) mass is 1100 g/mol. The molecule has 2 saturated carbocycles. The van der Waals surface area contributed by atoms with E-state index in [0.717, 1.165) is 51.4 Å². The summed E-state index contributed by atoms with van der Waals surface area (Å²) in [4.78, 5) is 78.4. The Morgan fingerprint density at radius 3 is 1.22 bits per heavy atom. The van der Waals surface area contributed by atoms with Crippen molar-refractivity contribution >= 4 is 70.1 Å². The highest BCUT2D eigenvalue weighted by Crippen LogP contribution is 2.34. The number of para-hydroxylation sites is 2. The zero-order valence-corrected chi connectivity index (χ0v) is 47.3. The number of nitrogens with one attached hydrogen (secondary N) is 2. The summed E-state index contributed by atoms with van der Waals surface area (Å²) < 4.78 is 0. The van der Waals surface area contributed by atoms with Crippen molar-refractivity contribution in [3.63, 3.8) is 0 Å². The van der Waals surface area contributed by atoms with Crippen LogP contribution in [0.1, 0.15) is 120 Å². The highest BCUT2D eigenvalue weighted by Gasteiger charge is 2.42. The minimum Gasteiger partial charge on any atom is -0.478 e. The van der Waals surface area contributed by atoms with E-state index in [2.05, 4.69) is 38.3 Å². The van der Waals surface area contributed by atoms with Gasteiger partial charge in [0.15, 0.2) is 0 Å². The summed E-state index contributed by atoms with van der Waals surface area (Å²) in [7, 11) is 0. The maximum Gasteiger partial charge on any atom is 0.328 e. The molecule has 20 heteroatoms. The molecule has 0 bridgehead atoms. The fourth-order valence-corrected chi connectivity index (χ4v) is 10.8. The largest absolute Gasteiger partial charge is 0.478 e. The highest BCUT2D eigenvalue weighted by molar-refractivity contribution is 6.34. The summed E-state index contributed by atoms with van der Waals surface area (Å²) in [6.07, 6.45) is 8.80. The molecule has 4 amide bonds. The normalized spacial score (nSPS) is 20.8. The molecule has 2 aliphatic heterocycles. The number of piperazine rings is 2. The van der Waals surface area contributed by atoms with Gasteiger partial charge in [0, 0.05) is 85.4 Å². The second-order valence-electron chi connectivity index (χ2n) is 22.9. The van der Waals surface area contributed by atoms with E-state index in [-0.39, 0.29) is 83.6 Å². The third-order valence-corrected chi connectivity index (χ3v) is 15.9. The van der Waals surface area contributed by atoms with Gasteiger partial charge in [-0.1, -0.05) is 101 Å². The number of carboxylic acid groups (broad SMARTS) is 2.